The number of amides is 1. The van der Waals surface area contributed by atoms with Crippen LogP contribution < -0.4 is 4.72 Å². The first-order chi connectivity index (χ1) is 11.6. The molecule has 0 atom stereocenters. The van der Waals surface area contributed by atoms with Crippen molar-refractivity contribution in [2.45, 2.75) is 11.4 Å². The minimum atomic E-state index is -4.05. The normalized spacial score (nSPS) is 11.4. The van der Waals surface area contributed by atoms with Gasteiger partial charge in [0, 0.05) is 31.2 Å². The molecule has 2 rings (SSSR count). The molecule has 0 saturated heterocycles. The lowest BCUT2D eigenvalue weighted by molar-refractivity contribution is 0.0827. The van der Waals surface area contributed by atoms with E-state index in [1.165, 1.54) is 11.0 Å². The molecule has 0 aromatic heterocycles. The Bertz CT molecular complexity index is 914. The molecule has 0 heterocycles. The van der Waals surface area contributed by atoms with Crippen LogP contribution >= 0.6 is 23.2 Å². The van der Waals surface area contributed by atoms with E-state index in [4.69, 9.17) is 23.2 Å². The summed E-state index contributed by atoms with van der Waals surface area (Å²) in [5.74, 6) is -0.765. The number of hydrogen-bond acceptors (Lipinski definition) is 4. The molecule has 25 heavy (non-hydrogen) atoms. The van der Waals surface area contributed by atoms with E-state index < -0.39 is 20.7 Å². The Morgan fingerprint density at radius 1 is 1.20 bits per heavy atom. The lowest BCUT2D eigenvalue weighted by atomic mass is 10.1. The summed E-state index contributed by atoms with van der Waals surface area (Å²) in [6, 6.07) is 8.93. The predicted octanol–water partition coefficient (Wildman–Crippen LogP) is 2.88. The van der Waals surface area contributed by atoms with Gasteiger partial charge in [0.25, 0.3) is 5.91 Å². The van der Waals surface area contributed by atoms with Crippen LogP contribution in [0.5, 0.6) is 5.75 Å². The Hall–Kier alpha value is -1.80. The van der Waals surface area contributed by atoms with Gasteiger partial charge in [-0.25, -0.2) is 13.1 Å². The first kappa shape index (κ1) is 19.5. The van der Waals surface area contributed by atoms with Crippen molar-refractivity contribution < 1.29 is 18.3 Å². The topological polar surface area (TPSA) is 86.7 Å². The number of hydrogen-bond donors (Lipinski definition) is 2. The van der Waals surface area contributed by atoms with Gasteiger partial charge in [0.05, 0.1) is 5.02 Å². The lowest BCUT2D eigenvalue weighted by Crippen LogP contribution is -2.24. The summed E-state index contributed by atoms with van der Waals surface area (Å²) < 4.78 is 27.1. The third-order valence-electron chi connectivity index (χ3n) is 3.33. The van der Waals surface area contributed by atoms with Gasteiger partial charge in [0.2, 0.25) is 10.0 Å². The second-order valence-electron chi connectivity index (χ2n) is 5.46. The molecule has 0 spiro atoms. The molecule has 0 bridgehead atoms. The van der Waals surface area contributed by atoms with Gasteiger partial charge < -0.3 is 10.0 Å². The highest BCUT2D eigenvalue weighted by Crippen LogP contribution is 2.34. The quantitative estimate of drug-likeness (QED) is 0.804. The molecule has 2 aromatic carbocycles. The van der Waals surface area contributed by atoms with E-state index in [0.717, 1.165) is 6.07 Å². The highest BCUT2D eigenvalue weighted by molar-refractivity contribution is 7.89. The maximum Gasteiger partial charge on any atom is 0.253 e. The van der Waals surface area contributed by atoms with Crippen molar-refractivity contribution in [2.75, 3.05) is 14.1 Å². The third kappa shape index (κ3) is 4.64. The molecule has 0 radical (unpaired) electrons. The van der Waals surface area contributed by atoms with Crippen molar-refractivity contribution in [1.29, 1.82) is 0 Å². The third-order valence-corrected chi connectivity index (χ3v) is 5.25. The van der Waals surface area contributed by atoms with E-state index in [9.17, 15) is 18.3 Å². The summed E-state index contributed by atoms with van der Waals surface area (Å²) in [4.78, 5) is 13.0. The van der Waals surface area contributed by atoms with Crippen LogP contribution in [0, 0.1) is 0 Å². The Morgan fingerprint density at radius 2 is 1.88 bits per heavy atom. The smallest absolute Gasteiger partial charge is 0.253 e. The standard InChI is InChI=1S/C16H16Cl2N2O4S/c1-20(2)16(22)11-5-3-4-10(6-11)9-19-25(23,24)14-8-12(17)7-13(18)15(14)21/h3-8,19,21H,9H2,1-2H3. The van der Waals surface area contributed by atoms with E-state index in [1.54, 1.807) is 38.4 Å². The van der Waals surface area contributed by atoms with Crippen molar-refractivity contribution in [1.82, 2.24) is 9.62 Å². The van der Waals surface area contributed by atoms with Gasteiger partial charge in [-0.1, -0.05) is 35.3 Å². The summed E-state index contributed by atoms with van der Waals surface area (Å²) in [5.41, 5.74) is 1.03. The fourth-order valence-electron chi connectivity index (χ4n) is 2.08. The zero-order valence-electron chi connectivity index (χ0n) is 13.5. The van der Waals surface area contributed by atoms with Crippen LogP contribution in [0.25, 0.3) is 0 Å². The van der Waals surface area contributed by atoms with Crippen LogP contribution in [0.3, 0.4) is 0 Å². The molecular weight excluding hydrogens is 387 g/mol. The van der Waals surface area contributed by atoms with E-state index in [-0.39, 0.29) is 22.5 Å². The van der Waals surface area contributed by atoms with Gasteiger partial charge >= 0.3 is 0 Å². The van der Waals surface area contributed by atoms with E-state index in [2.05, 4.69) is 4.72 Å². The number of aromatic hydroxyl groups is 1. The maximum atomic E-state index is 12.4. The second kappa shape index (κ2) is 7.61. The van der Waals surface area contributed by atoms with Crippen LogP contribution in [0.2, 0.25) is 10.0 Å². The Balaban J connectivity index is 2.24. The fourth-order valence-corrected chi connectivity index (χ4v) is 3.85. The SMILES string of the molecule is CN(C)C(=O)c1cccc(CNS(=O)(=O)c2cc(Cl)cc(Cl)c2O)c1. The molecule has 1 amide bonds. The number of benzene rings is 2. The van der Waals surface area contributed by atoms with Gasteiger partial charge in [-0.05, 0) is 29.8 Å². The molecule has 2 aromatic rings. The number of carbonyl (C=O) groups is 1. The van der Waals surface area contributed by atoms with E-state index in [0.29, 0.717) is 11.1 Å². The van der Waals surface area contributed by atoms with E-state index >= 15 is 0 Å². The Morgan fingerprint density at radius 3 is 2.52 bits per heavy atom. The molecule has 2 N–H and O–H groups in total. The molecule has 6 nitrogen and oxygen atoms in total. The Kier molecular flexibility index (Phi) is 5.95. The number of carbonyl (C=O) groups excluding carboxylic acids is 1. The summed E-state index contributed by atoms with van der Waals surface area (Å²) >= 11 is 11.6. The largest absolute Gasteiger partial charge is 0.505 e. The van der Waals surface area contributed by atoms with Crippen LogP contribution in [-0.4, -0.2) is 38.4 Å². The number of nitrogens with one attached hydrogen (secondary N) is 1. The summed E-state index contributed by atoms with van der Waals surface area (Å²) in [6.45, 7) is -0.0690. The van der Waals surface area contributed by atoms with Gasteiger partial charge in [0.15, 0.2) is 5.75 Å². The molecule has 134 valence electrons. The van der Waals surface area contributed by atoms with Crippen molar-refractivity contribution in [3.8, 4) is 5.75 Å². The zero-order chi connectivity index (χ0) is 18.8. The Labute approximate surface area is 156 Å². The summed E-state index contributed by atoms with van der Waals surface area (Å²) in [7, 11) is -0.791. The summed E-state index contributed by atoms with van der Waals surface area (Å²) in [5, 5.41) is 9.80. The van der Waals surface area contributed by atoms with Crippen molar-refractivity contribution in [2.24, 2.45) is 0 Å². The number of halogens is 2. The van der Waals surface area contributed by atoms with Crippen LogP contribution in [-0.2, 0) is 16.6 Å². The van der Waals surface area contributed by atoms with Gasteiger partial charge in [-0.3, -0.25) is 4.79 Å². The van der Waals surface area contributed by atoms with Crippen molar-refractivity contribution in [3.63, 3.8) is 0 Å². The number of sulfonamides is 1. The van der Waals surface area contributed by atoms with Gasteiger partial charge in [-0.2, -0.15) is 0 Å². The zero-order valence-corrected chi connectivity index (χ0v) is 15.8. The number of phenols is 1. The monoisotopic (exact) mass is 402 g/mol. The average molecular weight is 403 g/mol. The first-order valence-corrected chi connectivity index (χ1v) is 9.34. The molecule has 0 unspecified atom stereocenters. The molecule has 0 fully saturated rings. The minimum absolute atomic E-state index is 0.0690. The molecule has 9 heteroatoms. The van der Waals surface area contributed by atoms with Crippen molar-refractivity contribution in [3.05, 3.63) is 57.6 Å². The van der Waals surface area contributed by atoms with Gasteiger partial charge in [0.1, 0.15) is 4.90 Å². The van der Waals surface area contributed by atoms with Crippen LogP contribution in [0.1, 0.15) is 15.9 Å². The minimum Gasteiger partial charge on any atom is -0.505 e. The van der Waals surface area contributed by atoms with Gasteiger partial charge in [-0.15, -0.1) is 0 Å². The molecule has 0 saturated carbocycles. The van der Waals surface area contributed by atoms with Crippen molar-refractivity contribution >= 4 is 39.1 Å². The fraction of sp³-hybridized carbons (Fsp3) is 0.188. The number of nitrogens with zero attached hydrogens (tertiary/aromatic N) is 1. The highest BCUT2D eigenvalue weighted by Gasteiger charge is 2.21. The molecule has 0 aliphatic carbocycles. The number of rotatable bonds is 5. The lowest BCUT2D eigenvalue weighted by Gasteiger charge is -2.12. The van der Waals surface area contributed by atoms with E-state index in [1.807, 2.05) is 0 Å². The molecule has 0 aliphatic rings. The molecular formula is C16H16Cl2N2O4S. The highest BCUT2D eigenvalue weighted by atomic mass is 35.5. The average Bonchev–Trinajstić information content (AvgIpc) is 2.55. The summed E-state index contributed by atoms with van der Waals surface area (Å²) in [6.07, 6.45) is 0. The maximum absolute atomic E-state index is 12.4. The second-order valence-corrected chi connectivity index (χ2v) is 8.04. The number of phenolic OH excluding ortho intramolecular Hbond substituents is 1. The molecule has 0 aliphatic heterocycles. The van der Waals surface area contributed by atoms with Crippen LogP contribution in [0.15, 0.2) is 41.3 Å². The van der Waals surface area contributed by atoms with Crippen LogP contribution in [0.4, 0.5) is 0 Å². The first-order valence-electron chi connectivity index (χ1n) is 7.10. The predicted molar refractivity (Wildman–Crippen MR) is 96.6 cm³/mol.